The van der Waals surface area contributed by atoms with Crippen LogP contribution in [0.5, 0.6) is 0 Å². The number of amides is 3. The molecule has 2 aromatic rings. The minimum absolute atomic E-state index is 0.0139. The highest BCUT2D eigenvalue weighted by atomic mass is 79.9. The molecule has 0 unspecified atom stereocenters. The van der Waals surface area contributed by atoms with Crippen molar-refractivity contribution in [2.45, 2.75) is 90.5 Å². The first kappa shape index (κ1) is 34.1. The number of benzene rings is 2. The van der Waals surface area contributed by atoms with Gasteiger partial charge in [0.15, 0.2) is 5.17 Å². The number of likely N-dealkylation sites (tertiary alicyclic amines) is 1. The Morgan fingerprint density at radius 2 is 1.74 bits per heavy atom. The standard InChI is InChI=1S/C36H43BrClN5O3S/c1-7-28-16-17-29(33(45)40-18-19-41(23(5)44)22(4)20-40)42(28)34(46)31-30(21(2)3)43-32(24-8-12-26(37)13-9-24)36(6,39-35(43)47-31)25-10-14-27(38)15-11-25/h8-15,21-22,28-29,32H,7,16-20H2,1-6H3/t22-,28-,29+,32-,36+/m1/s1. The summed E-state index contributed by atoms with van der Waals surface area (Å²) in [6.45, 7) is 13.5. The second-order valence-corrected chi connectivity index (χ2v) is 15.9. The highest BCUT2D eigenvalue weighted by Gasteiger charge is 2.54. The van der Waals surface area contributed by atoms with E-state index >= 15 is 0 Å². The Morgan fingerprint density at radius 1 is 1.06 bits per heavy atom. The van der Waals surface area contributed by atoms with Crippen molar-refractivity contribution in [3.05, 3.63) is 79.8 Å². The number of carbonyl (C=O) groups excluding carboxylic acids is 3. The maximum Gasteiger partial charge on any atom is 0.263 e. The maximum atomic E-state index is 14.8. The van der Waals surface area contributed by atoms with E-state index in [9.17, 15) is 14.4 Å². The molecule has 0 saturated carbocycles. The molecule has 2 fully saturated rings. The molecule has 5 atom stereocenters. The van der Waals surface area contributed by atoms with Crippen LogP contribution in [0.2, 0.25) is 5.02 Å². The summed E-state index contributed by atoms with van der Waals surface area (Å²) in [6, 6.07) is 15.4. The molecule has 0 aliphatic carbocycles. The molecule has 250 valence electrons. The minimum atomic E-state index is -0.633. The Bertz CT molecular complexity index is 1630. The fourth-order valence-corrected chi connectivity index (χ4v) is 9.59. The molecule has 11 heteroatoms. The van der Waals surface area contributed by atoms with Crippen LogP contribution in [0.1, 0.15) is 78.0 Å². The number of hydrogen-bond donors (Lipinski definition) is 0. The van der Waals surface area contributed by atoms with E-state index in [1.807, 2.05) is 58.0 Å². The zero-order valence-corrected chi connectivity index (χ0v) is 31.0. The molecule has 47 heavy (non-hydrogen) atoms. The second kappa shape index (κ2) is 13.2. The van der Waals surface area contributed by atoms with Gasteiger partial charge in [-0.05, 0) is 86.2 Å². The monoisotopic (exact) mass is 739 g/mol. The van der Waals surface area contributed by atoms with Gasteiger partial charge in [0.05, 0.1) is 6.04 Å². The van der Waals surface area contributed by atoms with E-state index in [2.05, 4.69) is 60.7 Å². The van der Waals surface area contributed by atoms with Gasteiger partial charge in [-0.2, -0.15) is 0 Å². The summed E-state index contributed by atoms with van der Waals surface area (Å²) in [4.78, 5) is 54.9. The Morgan fingerprint density at radius 3 is 2.34 bits per heavy atom. The SMILES string of the molecule is CC[C@@H]1CC[C@@H](C(=O)N2CCN(C(C)=O)[C@H](C)C2)N1C(=O)C1=C(C(C)C)N2C(=N[C@@](C)(c3ccc(Cl)cc3)[C@H]2c2ccc(Br)cc2)S1. The Hall–Kier alpha value is -2.82. The van der Waals surface area contributed by atoms with Crippen LogP contribution in [0.4, 0.5) is 0 Å². The molecule has 2 saturated heterocycles. The molecule has 4 heterocycles. The quantitative estimate of drug-likeness (QED) is 0.314. The number of fused-ring (bicyclic) bond motifs is 1. The highest BCUT2D eigenvalue weighted by molar-refractivity contribution is 9.10. The van der Waals surface area contributed by atoms with E-state index < -0.39 is 11.6 Å². The van der Waals surface area contributed by atoms with E-state index in [0.29, 0.717) is 36.0 Å². The van der Waals surface area contributed by atoms with Gasteiger partial charge in [0.1, 0.15) is 16.5 Å². The van der Waals surface area contributed by atoms with Gasteiger partial charge in [-0.25, -0.2) is 4.99 Å². The number of nitrogens with zero attached hydrogens (tertiary/aromatic N) is 5. The molecule has 0 aromatic heterocycles. The fraction of sp³-hybridized carbons (Fsp3) is 0.500. The third-order valence-electron chi connectivity index (χ3n) is 10.2. The van der Waals surface area contributed by atoms with Crippen molar-refractivity contribution in [2.75, 3.05) is 19.6 Å². The summed E-state index contributed by atoms with van der Waals surface area (Å²) in [5.74, 6) is -0.0505. The minimum Gasteiger partial charge on any atom is -0.337 e. The van der Waals surface area contributed by atoms with E-state index in [4.69, 9.17) is 16.6 Å². The fourth-order valence-electron chi connectivity index (χ4n) is 7.85. The zero-order valence-electron chi connectivity index (χ0n) is 27.9. The van der Waals surface area contributed by atoms with Gasteiger partial charge in [-0.1, -0.05) is 72.6 Å². The zero-order chi connectivity index (χ0) is 33.8. The van der Waals surface area contributed by atoms with Crippen LogP contribution in [0.15, 0.2) is 68.6 Å². The average Bonchev–Trinajstić information content (AvgIpc) is 3.71. The number of amidine groups is 1. The van der Waals surface area contributed by atoms with Gasteiger partial charge in [0.25, 0.3) is 5.91 Å². The molecule has 4 aliphatic heterocycles. The molecule has 0 N–H and O–H groups in total. The van der Waals surface area contributed by atoms with Crippen LogP contribution in [0.25, 0.3) is 0 Å². The first-order chi connectivity index (χ1) is 22.3. The van der Waals surface area contributed by atoms with Crippen molar-refractivity contribution in [1.82, 2.24) is 19.6 Å². The summed E-state index contributed by atoms with van der Waals surface area (Å²) in [5.41, 5.74) is 2.45. The molecule has 3 amide bonds. The van der Waals surface area contributed by atoms with Crippen molar-refractivity contribution in [3.8, 4) is 0 Å². The first-order valence-corrected chi connectivity index (χ1v) is 18.6. The van der Waals surface area contributed by atoms with E-state index in [0.717, 1.165) is 39.3 Å². The van der Waals surface area contributed by atoms with Crippen LogP contribution in [-0.2, 0) is 19.9 Å². The largest absolute Gasteiger partial charge is 0.337 e. The molecule has 0 spiro atoms. The van der Waals surface area contributed by atoms with Crippen molar-refractivity contribution < 1.29 is 14.4 Å². The number of thioether (sulfide) groups is 1. The average molecular weight is 741 g/mol. The number of carbonyl (C=O) groups is 3. The molecule has 4 aliphatic rings. The lowest BCUT2D eigenvalue weighted by atomic mass is 9.81. The maximum absolute atomic E-state index is 14.8. The molecular weight excluding hydrogens is 698 g/mol. The van der Waals surface area contributed by atoms with Gasteiger partial charge < -0.3 is 19.6 Å². The number of hydrogen-bond acceptors (Lipinski definition) is 6. The van der Waals surface area contributed by atoms with Crippen LogP contribution in [0, 0.1) is 5.92 Å². The molecule has 8 nitrogen and oxygen atoms in total. The number of halogens is 2. The van der Waals surface area contributed by atoms with Gasteiger partial charge in [0, 0.05) is 53.8 Å². The van der Waals surface area contributed by atoms with E-state index in [1.54, 1.807) is 6.92 Å². The van der Waals surface area contributed by atoms with Crippen LogP contribution < -0.4 is 0 Å². The van der Waals surface area contributed by atoms with Crippen molar-refractivity contribution >= 4 is 62.2 Å². The lowest BCUT2D eigenvalue weighted by Gasteiger charge is -2.41. The Kier molecular flexibility index (Phi) is 9.59. The summed E-state index contributed by atoms with van der Waals surface area (Å²) in [5, 5.41) is 1.47. The number of rotatable bonds is 6. The summed E-state index contributed by atoms with van der Waals surface area (Å²) in [6.07, 6.45) is 2.21. The third kappa shape index (κ3) is 6.03. The van der Waals surface area contributed by atoms with Crippen molar-refractivity contribution in [1.29, 1.82) is 0 Å². The molecule has 2 aromatic carbocycles. The van der Waals surface area contributed by atoms with Gasteiger partial charge in [-0.3, -0.25) is 14.4 Å². The summed E-state index contributed by atoms with van der Waals surface area (Å²) in [7, 11) is 0. The van der Waals surface area contributed by atoms with Gasteiger partial charge in [0.2, 0.25) is 11.8 Å². The van der Waals surface area contributed by atoms with Crippen molar-refractivity contribution in [2.24, 2.45) is 10.9 Å². The summed E-state index contributed by atoms with van der Waals surface area (Å²) >= 11 is 11.3. The predicted octanol–water partition coefficient (Wildman–Crippen LogP) is 7.19. The second-order valence-electron chi connectivity index (χ2n) is 13.6. The molecule has 0 bridgehead atoms. The molecule has 0 radical (unpaired) electrons. The predicted molar refractivity (Wildman–Crippen MR) is 192 cm³/mol. The lowest BCUT2D eigenvalue weighted by molar-refractivity contribution is -0.147. The first-order valence-electron chi connectivity index (χ1n) is 16.6. The van der Waals surface area contributed by atoms with Crippen LogP contribution in [-0.4, -0.2) is 80.2 Å². The lowest BCUT2D eigenvalue weighted by Crippen LogP contribution is -2.58. The number of aliphatic imine (C=N–C) groups is 1. The highest BCUT2D eigenvalue weighted by Crippen LogP contribution is 2.56. The molecule has 6 rings (SSSR count). The van der Waals surface area contributed by atoms with Crippen molar-refractivity contribution in [3.63, 3.8) is 0 Å². The number of allylic oxidation sites excluding steroid dienone is 1. The summed E-state index contributed by atoms with van der Waals surface area (Å²) < 4.78 is 0.993. The van der Waals surface area contributed by atoms with E-state index in [-0.39, 0.29) is 41.8 Å². The van der Waals surface area contributed by atoms with Gasteiger partial charge >= 0.3 is 0 Å². The Balaban J connectivity index is 1.37. The van der Waals surface area contributed by atoms with Crippen LogP contribution in [0.3, 0.4) is 0 Å². The third-order valence-corrected chi connectivity index (χ3v) is 12.0. The Labute approximate surface area is 295 Å². The topological polar surface area (TPSA) is 76.5 Å². The number of piperazine rings is 1. The van der Waals surface area contributed by atoms with Gasteiger partial charge in [-0.15, -0.1) is 0 Å². The van der Waals surface area contributed by atoms with E-state index in [1.165, 1.54) is 11.8 Å². The normalized spacial score (nSPS) is 27.6. The molecular formula is C36H43BrClN5O3S. The van der Waals surface area contributed by atoms with Crippen LogP contribution >= 0.6 is 39.3 Å². The smallest absolute Gasteiger partial charge is 0.263 e.